The molecule has 1 saturated carbocycles. The Morgan fingerprint density at radius 3 is 2.40 bits per heavy atom. The highest BCUT2D eigenvalue weighted by molar-refractivity contribution is 9.10. The van der Waals surface area contributed by atoms with Gasteiger partial charge in [0, 0.05) is 22.0 Å². The second kappa shape index (κ2) is 6.48. The van der Waals surface area contributed by atoms with Gasteiger partial charge in [0.05, 0.1) is 7.11 Å². The minimum absolute atomic E-state index is 0.142. The molecule has 3 heteroatoms. The first-order chi connectivity index (χ1) is 9.54. The third-order valence-corrected chi connectivity index (χ3v) is 5.36. The van der Waals surface area contributed by atoms with E-state index in [1.807, 2.05) is 0 Å². The van der Waals surface area contributed by atoms with E-state index < -0.39 is 0 Å². The Morgan fingerprint density at radius 1 is 1.25 bits per heavy atom. The maximum absolute atomic E-state index is 6.15. The number of ether oxygens (including phenoxy) is 1. The molecular weight excluding hydrogens is 314 g/mol. The quantitative estimate of drug-likeness (QED) is 0.859. The van der Waals surface area contributed by atoms with Gasteiger partial charge in [0.1, 0.15) is 5.75 Å². The van der Waals surface area contributed by atoms with Crippen molar-refractivity contribution in [1.82, 2.24) is 0 Å². The molecule has 0 aromatic heterocycles. The number of nitrogens with two attached hydrogens (primary N) is 1. The molecule has 0 bridgehead atoms. The van der Waals surface area contributed by atoms with Crippen LogP contribution in [0.15, 0.2) is 16.6 Å². The van der Waals surface area contributed by atoms with Gasteiger partial charge in [0.15, 0.2) is 0 Å². The Morgan fingerprint density at radius 2 is 1.90 bits per heavy atom. The molecule has 1 aromatic rings. The van der Waals surface area contributed by atoms with Crippen LogP contribution in [0.5, 0.6) is 5.75 Å². The lowest BCUT2D eigenvalue weighted by atomic mass is 9.69. The third kappa shape index (κ3) is 2.89. The predicted octanol–water partition coefficient (Wildman–Crippen LogP) is 4.74. The third-order valence-electron chi connectivity index (χ3n) is 4.70. The van der Waals surface area contributed by atoms with Gasteiger partial charge in [-0.05, 0) is 36.5 Å². The van der Waals surface area contributed by atoms with Crippen molar-refractivity contribution in [2.24, 2.45) is 5.73 Å². The summed E-state index contributed by atoms with van der Waals surface area (Å²) in [5, 5.41) is 0. The molecule has 0 amide bonds. The van der Waals surface area contributed by atoms with Crippen LogP contribution in [0.25, 0.3) is 0 Å². The van der Waals surface area contributed by atoms with Crippen molar-refractivity contribution < 1.29 is 4.74 Å². The zero-order valence-electron chi connectivity index (χ0n) is 12.8. The Kier molecular flexibility index (Phi) is 5.14. The molecule has 1 fully saturated rings. The van der Waals surface area contributed by atoms with Crippen molar-refractivity contribution in [3.8, 4) is 5.75 Å². The van der Waals surface area contributed by atoms with Crippen molar-refractivity contribution in [2.75, 3.05) is 13.7 Å². The largest absolute Gasteiger partial charge is 0.496 e. The van der Waals surface area contributed by atoms with Crippen LogP contribution in [0.2, 0.25) is 0 Å². The molecule has 0 atom stereocenters. The Hall–Kier alpha value is -0.540. The van der Waals surface area contributed by atoms with E-state index in [1.54, 1.807) is 7.11 Å². The fourth-order valence-corrected chi connectivity index (χ4v) is 4.37. The summed E-state index contributed by atoms with van der Waals surface area (Å²) in [6.07, 6.45) is 6.29. The van der Waals surface area contributed by atoms with Gasteiger partial charge in [-0.25, -0.2) is 0 Å². The summed E-state index contributed by atoms with van der Waals surface area (Å²) < 4.78 is 6.79. The maximum Gasteiger partial charge on any atom is 0.123 e. The standard InChI is InChI=1S/C17H26BrNO/c1-12(2)16-14(18)9-13(10-15(16)20-3)17(11-19)7-5-4-6-8-17/h9-10,12H,4-8,11,19H2,1-3H3. The van der Waals surface area contributed by atoms with E-state index >= 15 is 0 Å². The van der Waals surface area contributed by atoms with E-state index in [0.717, 1.165) is 16.8 Å². The summed E-state index contributed by atoms with van der Waals surface area (Å²) >= 11 is 3.74. The highest BCUT2D eigenvalue weighted by Crippen LogP contribution is 2.43. The average Bonchev–Trinajstić information content (AvgIpc) is 2.46. The molecule has 1 aliphatic rings. The minimum atomic E-state index is 0.142. The van der Waals surface area contributed by atoms with Crippen LogP contribution in [-0.4, -0.2) is 13.7 Å². The number of hydrogen-bond acceptors (Lipinski definition) is 2. The van der Waals surface area contributed by atoms with Gasteiger partial charge in [-0.2, -0.15) is 0 Å². The summed E-state index contributed by atoms with van der Waals surface area (Å²) in [5.41, 5.74) is 8.89. The Bertz CT molecular complexity index is 464. The zero-order valence-corrected chi connectivity index (χ0v) is 14.4. The molecule has 0 aliphatic heterocycles. The van der Waals surface area contributed by atoms with E-state index in [4.69, 9.17) is 10.5 Å². The molecule has 2 N–H and O–H groups in total. The molecule has 1 aliphatic carbocycles. The summed E-state index contributed by atoms with van der Waals surface area (Å²) in [6, 6.07) is 4.49. The smallest absolute Gasteiger partial charge is 0.123 e. The van der Waals surface area contributed by atoms with Gasteiger partial charge in [-0.1, -0.05) is 49.0 Å². The first kappa shape index (κ1) is 15.8. The number of halogens is 1. The van der Waals surface area contributed by atoms with Crippen molar-refractivity contribution in [3.63, 3.8) is 0 Å². The van der Waals surface area contributed by atoms with Gasteiger partial charge in [0.2, 0.25) is 0 Å². The van der Waals surface area contributed by atoms with E-state index in [-0.39, 0.29) is 5.41 Å². The van der Waals surface area contributed by atoms with Crippen LogP contribution in [-0.2, 0) is 5.41 Å². The van der Waals surface area contributed by atoms with Crippen molar-refractivity contribution in [2.45, 2.75) is 57.3 Å². The summed E-state index contributed by atoms with van der Waals surface area (Å²) in [4.78, 5) is 0. The highest BCUT2D eigenvalue weighted by Gasteiger charge is 2.33. The Balaban J connectivity index is 2.49. The van der Waals surface area contributed by atoms with Crippen LogP contribution in [0.1, 0.15) is 63.0 Å². The fourth-order valence-electron chi connectivity index (χ4n) is 3.47. The average molecular weight is 340 g/mol. The topological polar surface area (TPSA) is 35.2 Å². The second-order valence-electron chi connectivity index (χ2n) is 6.27. The Labute approximate surface area is 131 Å². The summed E-state index contributed by atoms with van der Waals surface area (Å²) in [7, 11) is 1.76. The summed E-state index contributed by atoms with van der Waals surface area (Å²) in [5.74, 6) is 1.43. The SMILES string of the molecule is COc1cc(C2(CN)CCCCC2)cc(Br)c1C(C)C. The van der Waals surface area contributed by atoms with Crippen LogP contribution in [0.3, 0.4) is 0 Å². The number of benzene rings is 1. The molecule has 0 saturated heterocycles. The monoisotopic (exact) mass is 339 g/mol. The van der Waals surface area contributed by atoms with Crippen LogP contribution in [0.4, 0.5) is 0 Å². The first-order valence-corrected chi connectivity index (χ1v) is 8.41. The molecule has 0 heterocycles. The normalized spacial score (nSPS) is 18.3. The minimum Gasteiger partial charge on any atom is -0.496 e. The lowest BCUT2D eigenvalue weighted by molar-refractivity contribution is 0.299. The number of rotatable bonds is 4. The molecule has 0 unspecified atom stereocenters. The second-order valence-corrected chi connectivity index (χ2v) is 7.13. The van der Waals surface area contributed by atoms with Crippen molar-refractivity contribution >= 4 is 15.9 Å². The fraction of sp³-hybridized carbons (Fsp3) is 0.647. The maximum atomic E-state index is 6.15. The van der Waals surface area contributed by atoms with Gasteiger partial charge in [-0.15, -0.1) is 0 Å². The predicted molar refractivity (Wildman–Crippen MR) is 88.6 cm³/mol. The molecule has 1 aromatic carbocycles. The molecule has 112 valence electrons. The van der Waals surface area contributed by atoms with E-state index in [1.165, 1.54) is 43.2 Å². The molecule has 0 spiro atoms. The number of hydrogen-bond donors (Lipinski definition) is 1. The van der Waals surface area contributed by atoms with Crippen LogP contribution < -0.4 is 10.5 Å². The van der Waals surface area contributed by atoms with Gasteiger partial charge in [0.25, 0.3) is 0 Å². The van der Waals surface area contributed by atoms with Gasteiger partial charge < -0.3 is 10.5 Å². The van der Waals surface area contributed by atoms with E-state index in [2.05, 4.69) is 41.9 Å². The lowest BCUT2D eigenvalue weighted by Crippen LogP contribution is -2.37. The van der Waals surface area contributed by atoms with Gasteiger partial charge in [-0.3, -0.25) is 0 Å². The lowest BCUT2D eigenvalue weighted by Gasteiger charge is -2.37. The van der Waals surface area contributed by atoms with E-state index in [9.17, 15) is 0 Å². The zero-order chi connectivity index (χ0) is 14.8. The molecule has 2 rings (SSSR count). The number of methoxy groups -OCH3 is 1. The van der Waals surface area contributed by atoms with E-state index in [0.29, 0.717) is 5.92 Å². The van der Waals surface area contributed by atoms with Crippen LogP contribution >= 0.6 is 15.9 Å². The first-order valence-electron chi connectivity index (χ1n) is 7.62. The van der Waals surface area contributed by atoms with Crippen molar-refractivity contribution in [3.05, 3.63) is 27.7 Å². The molecule has 0 radical (unpaired) electrons. The van der Waals surface area contributed by atoms with Crippen molar-refractivity contribution in [1.29, 1.82) is 0 Å². The molecule has 2 nitrogen and oxygen atoms in total. The highest BCUT2D eigenvalue weighted by atomic mass is 79.9. The summed E-state index contributed by atoms with van der Waals surface area (Å²) in [6.45, 7) is 5.12. The molecular formula is C17H26BrNO. The molecule has 20 heavy (non-hydrogen) atoms. The van der Waals surface area contributed by atoms with Crippen LogP contribution in [0, 0.1) is 0 Å². The van der Waals surface area contributed by atoms with Gasteiger partial charge >= 0.3 is 0 Å².